The lowest BCUT2D eigenvalue weighted by Crippen LogP contribution is -2.52. The first-order valence-corrected chi connectivity index (χ1v) is 9.07. The van der Waals surface area contributed by atoms with Crippen molar-refractivity contribution in [2.75, 3.05) is 65.0 Å². The quantitative estimate of drug-likeness (QED) is 0.666. The second kappa shape index (κ2) is 9.96. The average molecular weight is 335 g/mol. The van der Waals surface area contributed by atoms with Gasteiger partial charge >= 0.3 is 0 Å². The van der Waals surface area contributed by atoms with Gasteiger partial charge in [-0.15, -0.1) is 0 Å². The van der Waals surface area contributed by atoms with Gasteiger partial charge in [0.2, 0.25) is 0 Å². The molecule has 2 rings (SSSR count). The second-order valence-corrected chi connectivity index (χ2v) is 6.53. The van der Waals surface area contributed by atoms with Gasteiger partial charge in [0.15, 0.2) is 0 Å². The minimum absolute atomic E-state index is 0.181. The number of anilines is 1. The molecule has 1 aliphatic heterocycles. The molecule has 1 aromatic rings. The van der Waals surface area contributed by atoms with Crippen molar-refractivity contribution < 1.29 is 0 Å². The molecule has 0 aliphatic carbocycles. The lowest BCUT2D eigenvalue weighted by atomic mass is 10.3. The standard InChI is InChI=1S/C18H34N6/c1-5-22(6-2)14-15-23-16-24(17-10-8-7-9-11-17)20-18(23)19-12-13-21(3)4/h7-11,18-20H,5-6,12-16H2,1-4H3. The van der Waals surface area contributed by atoms with Crippen LogP contribution in [0, 0.1) is 0 Å². The third-order valence-electron chi connectivity index (χ3n) is 4.53. The van der Waals surface area contributed by atoms with Crippen LogP contribution >= 0.6 is 0 Å². The van der Waals surface area contributed by atoms with Gasteiger partial charge in [-0.2, -0.15) is 0 Å². The molecule has 1 fully saturated rings. The molecule has 6 nitrogen and oxygen atoms in total. The molecular weight excluding hydrogens is 300 g/mol. The Labute approximate surface area is 147 Å². The van der Waals surface area contributed by atoms with Gasteiger partial charge < -0.3 is 9.80 Å². The second-order valence-electron chi connectivity index (χ2n) is 6.53. The highest BCUT2D eigenvalue weighted by molar-refractivity contribution is 5.45. The van der Waals surface area contributed by atoms with Crippen molar-refractivity contribution >= 4 is 5.69 Å². The van der Waals surface area contributed by atoms with Gasteiger partial charge in [-0.3, -0.25) is 15.2 Å². The number of hydrogen-bond donors (Lipinski definition) is 2. The van der Waals surface area contributed by atoms with Crippen molar-refractivity contribution in [3.05, 3.63) is 30.3 Å². The molecule has 1 saturated heterocycles. The fourth-order valence-corrected chi connectivity index (χ4v) is 2.91. The smallest absolute Gasteiger partial charge is 0.133 e. The minimum atomic E-state index is 0.181. The van der Waals surface area contributed by atoms with Crippen LogP contribution in [0.2, 0.25) is 0 Å². The van der Waals surface area contributed by atoms with Crippen LogP contribution in [0.3, 0.4) is 0 Å². The average Bonchev–Trinajstić information content (AvgIpc) is 2.99. The zero-order valence-electron chi connectivity index (χ0n) is 15.7. The Kier molecular flexibility index (Phi) is 7.94. The number of nitrogens with one attached hydrogen (secondary N) is 2. The normalized spacial score (nSPS) is 18.9. The summed E-state index contributed by atoms with van der Waals surface area (Å²) in [6, 6.07) is 10.5. The molecule has 136 valence electrons. The van der Waals surface area contributed by atoms with Gasteiger partial charge in [-0.25, -0.2) is 5.43 Å². The molecule has 0 aromatic heterocycles. The number of nitrogens with zero attached hydrogens (tertiary/aromatic N) is 4. The van der Waals surface area contributed by atoms with E-state index in [0.717, 1.165) is 45.9 Å². The Morgan fingerprint density at radius 2 is 1.83 bits per heavy atom. The highest BCUT2D eigenvalue weighted by atomic mass is 15.7. The van der Waals surface area contributed by atoms with E-state index in [1.165, 1.54) is 5.69 Å². The van der Waals surface area contributed by atoms with Gasteiger partial charge in [-0.1, -0.05) is 32.0 Å². The van der Waals surface area contributed by atoms with E-state index in [0.29, 0.717) is 0 Å². The summed E-state index contributed by atoms with van der Waals surface area (Å²) >= 11 is 0. The molecule has 2 N–H and O–H groups in total. The van der Waals surface area contributed by atoms with Crippen LogP contribution in [0.1, 0.15) is 13.8 Å². The van der Waals surface area contributed by atoms with Crippen LogP contribution in [0.5, 0.6) is 0 Å². The summed E-state index contributed by atoms with van der Waals surface area (Å²) in [5, 5.41) is 5.87. The van der Waals surface area contributed by atoms with E-state index < -0.39 is 0 Å². The third kappa shape index (κ3) is 5.72. The Morgan fingerprint density at radius 1 is 1.12 bits per heavy atom. The fourth-order valence-electron chi connectivity index (χ4n) is 2.91. The molecule has 1 unspecified atom stereocenters. The van der Waals surface area contributed by atoms with E-state index in [2.05, 4.69) is 88.7 Å². The zero-order chi connectivity index (χ0) is 17.4. The van der Waals surface area contributed by atoms with Crippen LogP contribution in [-0.2, 0) is 0 Å². The molecule has 1 aliphatic rings. The minimum Gasteiger partial charge on any atom is -0.308 e. The number of benzene rings is 1. The molecular formula is C18H34N6. The molecule has 24 heavy (non-hydrogen) atoms. The largest absolute Gasteiger partial charge is 0.308 e. The predicted molar refractivity (Wildman–Crippen MR) is 102 cm³/mol. The first-order chi connectivity index (χ1) is 11.6. The van der Waals surface area contributed by atoms with E-state index in [4.69, 9.17) is 0 Å². The Hall–Kier alpha value is -1.18. The van der Waals surface area contributed by atoms with Gasteiger partial charge in [-0.05, 0) is 39.3 Å². The zero-order valence-corrected chi connectivity index (χ0v) is 15.7. The van der Waals surface area contributed by atoms with Crippen molar-refractivity contribution in [2.24, 2.45) is 0 Å². The third-order valence-corrected chi connectivity index (χ3v) is 4.53. The molecule has 0 saturated carbocycles. The molecule has 1 heterocycles. The Balaban J connectivity index is 1.94. The van der Waals surface area contributed by atoms with Crippen molar-refractivity contribution in [3.8, 4) is 0 Å². The number of para-hydroxylation sites is 1. The topological polar surface area (TPSA) is 37.0 Å². The molecule has 0 spiro atoms. The van der Waals surface area contributed by atoms with E-state index >= 15 is 0 Å². The van der Waals surface area contributed by atoms with Crippen LogP contribution in [-0.4, -0.2) is 81.0 Å². The Morgan fingerprint density at radius 3 is 2.46 bits per heavy atom. The number of rotatable bonds is 10. The number of hydrogen-bond acceptors (Lipinski definition) is 6. The van der Waals surface area contributed by atoms with E-state index in [9.17, 15) is 0 Å². The van der Waals surface area contributed by atoms with Gasteiger partial charge in [0.05, 0.1) is 12.4 Å². The molecule has 0 bridgehead atoms. The summed E-state index contributed by atoms with van der Waals surface area (Å²) in [4.78, 5) is 7.15. The fraction of sp³-hybridized carbons (Fsp3) is 0.667. The lowest BCUT2D eigenvalue weighted by molar-refractivity contribution is 0.170. The van der Waals surface area contributed by atoms with Crippen molar-refractivity contribution in [2.45, 2.75) is 20.1 Å². The van der Waals surface area contributed by atoms with Gasteiger partial charge in [0.25, 0.3) is 0 Å². The highest BCUT2D eigenvalue weighted by Crippen LogP contribution is 2.16. The predicted octanol–water partition coefficient (Wildman–Crippen LogP) is 1.05. The van der Waals surface area contributed by atoms with Gasteiger partial charge in [0.1, 0.15) is 6.29 Å². The SMILES string of the molecule is CCN(CC)CCN1CN(c2ccccc2)NC1NCCN(C)C. The Bertz CT molecular complexity index is 448. The van der Waals surface area contributed by atoms with Crippen LogP contribution < -0.4 is 15.8 Å². The molecule has 0 amide bonds. The molecule has 1 atom stereocenters. The van der Waals surface area contributed by atoms with Crippen molar-refractivity contribution in [3.63, 3.8) is 0 Å². The maximum Gasteiger partial charge on any atom is 0.133 e. The first-order valence-electron chi connectivity index (χ1n) is 9.07. The highest BCUT2D eigenvalue weighted by Gasteiger charge is 2.29. The van der Waals surface area contributed by atoms with Crippen LogP contribution in [0.15, 0.2) is 30.3 Å². The summed E-state index contributed by atoms with van der Waals surface area (Å²) in [6.45, 7) is 11.7. The van der Waals surface area contributed by atoms with E-state index in [1.54, 1.807) is 0 Å². The summed E-state index contributed by atoms with van der Waals surface area (Å²) < 4.78 is 0. The maximum absolute atomic E-state index is 3.64. The number of hydrazine groups is 1. The molecule has 6 heteroatoms. The lowest BCUT2D eigenvalue weighted by Gasteiger charge is -2.26. The number of likely N-dealkylation sites (N-methyl/N-ethyl adjacent to an activating group) is 2. The summed E-state index contributed by atoms with van der Waals surface area (Å²) in [5.74, 6) is 0. The van der Waals surface area contributed by atoms with E-state index in [1.807, 2.05) is 0 Å². The van der Waals surface area contributed by atoms with Gasteiger partial charge in [0, 0.05) is 26.2 Å². The van der Waals surface area contributed by atoms with Crippen LogP contribution in [0.4, 0.5) is 5.69 Å². The molecule has 1 aromatic carbocycles. The molecule has 0 radical (unpaired) electrons. The monoisotopic (exact) mass is 334 g/mol. The maximum atomic E-state index is 3.64. The van der Waals surface area contributed by atoms with Crippen molar-refractivity contribution in [1.29, 1.82) is 0 Å². The van der Waals surface area contributed by atoms with E-state index in [-0.39, 0.29) is 6.29 Å². The van der Waals surface area contributed by atoms with Crippen molar-refractivity contribution in [1.82, 2.24) is 25.4 Å². The summed E-state index contributed by atoms with van der Waals surface area (Å²) in [7, 11) is 4.22. The first kappa shape index (κ1) is 19.1. The summed E-state index contributed by atoms with van der Waals surface area (Å²) in [6.07, 6.45) is 0.181. The summed E-state index contributed by atoms with van der Waals surface area (Å²) in [5.41, 5.74) is 4.81. The van der Waals surface area contributed by atoms with Crippen LogP contribution in [0.25, 0.3) is 0 Å².